The summed E-state index contributed by atoms with van der Waals surface area (Å²) >= 11 is 1.93. The average molecular weight is 414 g/mol. The number of allylic oxidation sites excluding steroid dienone is 2. The number of rotatable bonds is 6. The molecule has 7 heteroatoms. The minimum atomic E-state index is -6.00. The van der Waals surface area contributed by atoms with Crippen molar-refractivity contribution in [3.63, 3.8) is 0 Å². The third-order valence-corrected chi connectivity index (χ3v) is 7.70. The van der Waals surface area contributed by atoms with E-state index in [9.17, 15) is 17.3 Å². The molecule has 0 amide bonds. The van der Waals surface area contributed by atoms with Gasteiger partial charge in [0.15, 0.2) is 9.79 Å². The lowest BCUT2D eigenvalue weighted by Crippen LogP contribution is -2.14. The smallest absolute Gasteiger partial charge is 0.418 e. The highest BCUT2D eigenvalue weighted by atomic mass is 32.2. The van der Waals surface area contributed by atoms with Crippen LogP contribution in [-0.2, 0) is 10.9 Å². The normalized spacial score (nSPS) is 13.7. The largest absolute Gasteiger partial charge is 0.673 e. The zero-order chi connectivity index (χ0) is 19.7. The Balaban J connectivity index is 0.000000465. The van der Waals surface area contributed by atoms with Crippen LogP contribution in [-0.4, -0.2) is 13.0 Å². The molecule has 0 N–H and O–H groups in total. The lowest BCUT2D eigenvalue weighted by atomic mass is 10.2. The summed E-state index contributed by atoms with van der Waals surface area (Å²) in [5.41, 5.74) is 0. The SMILES string of the molecule is CCC=CCCCC[S+]1c2ccccc2Sc2ccccc21.F[B-](F)(F)F. The topological polar surface area (TPSA) is 0 Å². The molecule has 2 aromatic carbocycles. The molecule has 0 radical (unpaired) electrons. The first kappa shape index (κ1) is 22.0. The van der Waals surface area contributed by atoms with Crippen molar-refractivity contribution in [2.75, 3.05) is 5.75 Å². The molecule has 0 bridgehead atoms. The zero-order valence-corrected chi connectivity index (χ0v) is 16.8. The number of halogens is 4. The van der Waals surface area contributed by atoms with Gasteiger partial charge in [-0.25, -0.2) is 0 Å². The maximum Gasteiger partial charge on any atom is 0.673 e. The second-order valence-electron chi connectivity index (χ2n) is 5.96. The van der Waals surface area contributed by atoms with Crippen LogP contribution < -0.4 is 0 Å². The summed E-state index contributed by atoms with van der Waals surface area (Å²) in [6.07, 6.45) is 9.61. The molecular weight excluding hydrogens is 391 g/mol. The third kappa shape index (κ3) is 7.66. The molecule has 1 aliphatic rings. The highest BCUT2D eigenvalue weighted by Crippen LogP contribution is 2.45. The first-order valence-corrected chi connectivity index (χ1v) is 11.2. The molecule has 0 aromatic heterocycles. The minimum absolute atomic E-state index is 0.253. The Morgan fingerprint density at radius 2 is 1.37 bits per heavy atom. The fraction of sp³-hybridized carbons (Fsp3) is 0.300. The molecule has 0 aliphatic carbocycles. The van der Waals surface area contributed by atoms with Gasteiger partial charge in [0.2, 0.25) is 0 Å². The zero-order valence-electron chi connectivity index (χ0n) is 15.2. The van der Waals surface area contributed by atoms with E-state index < -0.39 is 7.25 Å². The van der Waals surface area contributed by atoms with Crippen molar-refractivity contribution in [2.45, 2.75) is 52.2 Å². The fourth-order valence-electron chi connectivity index (χ4n) is 2.73. The van der Waals surface area contributed by atoms with Crippen LogP contribution in [0.2, 0.25) is 0 Å². The van der Waals surface area contributed by atoms with Gasteiger partial charge in [-0.2, -0.15) is 0 Å². The summed E-state index contributed by atoms with van der Waals surface area (Å²) in [5, 5.41) is 0. The molecule has 146 valence electrons. The van der Waals surface area contributed by atoms with Gasteiger partial charge in [0.05, 0.1) is 20.7 Å². The maximum atomic E-state index is 9.75. The highest BCUT2D eigenvalue weighted by molar-refractivity contribution is 8.04. The van der Waals surface area contributed by atoms with Crippen molar-refractivity contribution < 1.29 is 17.3 Å². The van der Waals surface area contributed by atoms with Gasteiger partial charge in [-0.15, -0.1) is 0 Å². The van der Waals surface area contributed by atoms with Crippen molar-refractivity contribution in [2.24, 2.45) is 0 Å². The van der Waals surface area contributed by atoms with E-state index in [0.29, 0.717) is 0 Å². The lowest BCUT2D eigenvalue weighted by Gasteiger charge is -2.18. The molecule has 0 atom stereocenters. The van der Waals surface area contributed by atoms with Gasteiger partial charge in [-0.3, -0.25) is 0 Å². The number of hydrogen-bond acceptors (Lipinski definition) is 1. The van der Waals surface area contributed by atoms with Crippen LogP contribution in [0, 0.1) is 0 Å². The molecule has 0 unspecified atom stereocenters. The second-order valence-corrected chi connectivity index (χ2v) is 9.11. The first-order chi connectivity index (χ1) is 12.9. The molecule has 0 fully saturated rings. The Bertz CT molecular complexity index is 695. The average Bonchev–Trinajstić information content (AvgIpc) is 2.62. The Kier molecular flexibility index (Phi) is 8.83. The number of fused-ring (bicyclic) bond motifs is 2. The van der Waals surface area contributed by atoms with Crippen molar-refractivity contribution in [1.82, 2.24) is 0 Å². The Morgan fingerprint density at radius 1 is 0.852 bits per heavy atom. The van der Waals surface area contributed by atoms with Crippen LogP contribution >= 0.6 is 11.8 Å². The molecule has 0 spiro atoms. The van der Waals surface area contributed by atoms with Gasteiger partial charge in [-0.1, -0.05) is 55.1 Å². The van der Waals surface area contributed by atoms with E-state index in [2.05, 4.69) is 67.6 Å². The molecule has 27 heavy (non-hydrogen) atoms. The van der Waals surface area contributed by atoms with Crippen LogP contribution in [0.25, 0.3) is 0 Å². The van der Waals surface area contributed by atoms with Gasteiger partial charge in [-0.05, 0) is 49.9 Å². The van der Waals surface area contributed by atoms with E-state index in [-0.39, 0.29) is 10.9 Å². The number of benzene rings is 2. The van der Waals surface area contributed by atoms with Gasteiger partial charge >= 0.3 is 7.25 Å². The third-order valence-electron chi connectivity index (χ3n) is 3.82. The molecule has 1 heterocycles. The van der Waals surface area contributed by atoms with Gasteiger partial charge in [0, 0.05) is 0 Å². The molecule has 3 rings (SSSR count). The first-order valence-electron chi connectivity index (χ1n) is 8.99. The Morgan fingerprint density at radius 3 is 1.89 bits per heavy atom. The van der Waals surface area contributed by atoms with Crippen LogP contribution in [0.5, 0.6) is 0 Å². The summed E-state index contributed by atoms with van der Waals surface area (Å²) in [6, 6.07) is 17.9. The Hall–Kier alpha value is -1.34. The van der Waals surface area contributed by atoms with Crippen LogP contribution in [0.15, 0.2) is 80.3 Å². The van der Waals surface area contributed by atoms with Gasteiger partial charge in [0.1, 0.15) is 5.75 Å². The number of hydrogen-bond donors (Lipinski definition) is 0. The summed E-state index contributed by atoms with van der Waals surface area (Å²) in [4.78, 5) is 6.01. The molecule has 2 aromatic rings. The predicted molar refractivity (Wildman–Crippen MR) is 109 cm³/mol. The van der Waals surface area contributed by atoms with Crippen molar-refractivity contribution >= 4 is 29.9 Å². The maximum absolute atomic E-state index is 9.75. The van der Waals surface area contributed by atoms with E-state index in [4.69, 9.17) is 0 Å². The second kappa shape index (κ2) is 10.9. The summed E-state index contributed by atoms with van der Waals surface area (Å²) in [6.45, 7) is 2.20. The molecule has 0 nitrogen and oxygen atoms in total. The lowest BCUT2D eigenvalue weighted by molar-refractivity contribution is 0.368. The fourth-order valence-corrected chi connectivity index (χ4v) is 6.72. The highest BCUT2D eigenvalue weighted by Gasteiger charge is 2.34. The summed E-state index contributed by atoms with van der Waals surface area (Å²) in [5.74, 6) is 1.29. The molecule has 1 aliphatic heterocycles. The van der Waals surface area contributed by atoms with Crippen molar-refractivity contribution in [3.8, 4) is 0 Å². The Labute approximate surface area is 165 Å². The number of unbranched alkanes of at least 4 members (excludes halogenated alkanes) is 2. The van der Waals surface area contributed by atoms with Crippen molar-refractivity contribution in [1.29, 1.82) is 0 Å². The standard InChI is InChI=1S/C20H23S2.BF4/c1-2-3-4-5-6-11-16-22-19-14-9-7-12-17(19)21-18-13-8-10-15-20(18)22;2-1(3,4)5/h3-4,7-10,12-15H,2,5-6,11,16H2,1H3;/q+1;-1. The molecular formula is C20H23BF4S2. The molecule has 0 saturated carbocycles. The predicted octanol–water partition coefficient (Wildman–Crippen LogP) is 7.62. The summed E-state index contributed by atoms with van der Waals surface area (Å²) in [7, 11) is -5.75. The monoisotopic (exact) mass is 414 g/mol. The quantitative estimate of drug-likeness (QED) is 0.154. The van der Waals surface area contributed by atoms with E-state index in [1.54, 1.807) is 9.79 Å². The van der Waals surface area contributed by atoms with Gasteiger partial charge < -0.3 is 17.3 Å². The van der Waals surface area contributed by atoms with E-state index >= 15 is 0 Å². The minimum Gasteiger partial charge on any atom is -0.418 e. The van der Waals surface area contributed by atoms with E-state index in [1.165, 1.54) is 34.8 Å². The van der Waals surface area contributed by atoms with E-state index in [0.717, 1.165) is 6.42 Å². The van der Waals surface area contributed by atoms with E-state index in [1.807, 2.05) is 11.8 Å². The van der Waals surface area contributed by atoms with Crippen LogP contribution in [0.4, 0.5) is 17.3 Å². The van der Waals surface area contributed by atoms with Crippen LogP contribution in [0.3, 0.4) is 0 Å². The van der Waals surface area contributed by atoms with Crippen LogP contribution in [0.1, 0.15) is 32.6 Å². The van der Waals surface area contributed by atoms with Crippen molar-refractivity contribution in [3.05, 3.63) is 60.7 Å². The summed E-state index contributed by atoms with van der Waals surface area (Å²) < 4.78 is 39.0. The molecule has 0 saturated heterocycles. The van der Waals surface area contributed by atoms with Gasteiger partial charge in [0.25, 0.3) is 0 Å².